The number of amides is 1. The van der Waals surface area contributed by atoms with Crippen molar-refractivity contribution in [1.29, 1.82) is 0 Å². The SMILES string of the molecule is O=C(NCc1cccc(Cl)c1F)C1COCCN1. The second-order valence-corrected chi connectivity index (χ2v) is 4.42. The van der Waals surface area contributed by atoms with Crippen LogP contribution >= 0.6 is 11.6 Å². The first kappa shape index (κ1) is 13.3. The van der Waals surface area contributed by atoms with Crippen LogP contribution in [0.1, 0.15) is 5.56 Å². The van der Waals surface area contributed by atoms with Gasteiger partial charge >= 0.3 is 0 Å². The van der Waals surface area contributed by atoms with E-state index in [4.69, 9.17) is 16.3 Å². The molecule has 1 aromatic rings. The molecular formula is C12H14ClFN2O2. The van der Waals surface area contributed by atoms with Crippen molar-refractivity contribution in [2.75, 3.05) is 19.8 Å². The highest BCUT2D eigenvalue weighted by Gasteiger charge is 2.21. The molecule has 1 heterocycles. The van der Waals surface area contributed by atoms with Gasteiger partial charge in [-0.1, -0.05) is 23.7 Å². The van der Waals surface area contributed by atoms with Crippen molar-refractivity contribution in [1.82, 2.24) is 10.6 Å². The highest BCUT2D eigenvalue weighted by Crippen LogP contribution is 2.17. The first-order valence-electron chi connectivity index (χ1n) is 5.70. The van der Waals surface area contributed by atoms with E-state index in [-0.39, 0.29) is 23.5 Å². The van der Waals surface area contributed by atoms with E-state index in [9.17, 15) is 9.18 Å². The molecule has 1 aromatic carbocycles. The number of hydrogen-bond acceptors (Lipinski definition) is 3. The van der Waals surface area contributed by atoms with Crippen molar-refractivity contribution >= 4 is 17.5 Å². The fourth-order valence-electron chi connectivity index (χ4n) is 1.72. The van der Waals surface area contributed by atoms with E-state index in [1.165, 1.54) is 6.07 Å². The molecule has 98 valence electrons. The smallest absolute Gasteiger partial charge is 0.239 e. The Morgan fingerprint density at radius 2 is 2.44 bits per heavy atom. The Kier molecular flexibility index (Phi) is 4.52. The zero-order chi connectivity index (χ0) is 13.0. The molecule has 1 atom stereocenters. The summed E-state index contributed by atoms with van der Waals surface area (Å²) in [5.41, 5.74) is 0.368. The third kappa shape index (κ3) is 3.19. The van der Waals surface area contributed by atoms with Crippen LogP contribution < -0.4 is 10.6 Å². The van der Waals surface area contributed by atoms with E-state index in [0.29, 0.717) is 25.3 Å². The van der Waals surface area contributed by atoms with Gasteiger partial charge in [0, 0.05) is 18.7 Å². The lowest BCUT2D eigenvalue weighted by Gasteiger charge is -2.22. The normalized spacial score (nSPS) is 19.6. The van der Waals surface area contributed by atoms with Crippen LogP contribution in [0.15, 0.2) is 18.2 Å². The molecule has 0 aliphatic carbocycles. The first-order valence-corrected chi connectivity index (χ1v) is 6.08. The molecule has 6 heteroatoms. The molecule has 1 amide bonds. The second kappa shape index (κ2) is 6.13. The van der Waals surface area contributed by atoms with Gasteiger partial charge in [0.1, 0.15) is 11.9 Å². The molecule has 0 saturated carbocycles. The van der Waals surface area contributed by atoms with Crippen molar-refractivity contribution in [2.45, 2.75) is 12.6 Å². The van der Waals surface area contributed by atoms with Crippen molar-refractivity contribution < 1.29 is 13.9 Å². The summed E-state index contributed by atoms with van der Waals surface area (Å²) in [7, 11) is 0. The topological polar surface area (TPSA) is 50.4 Å². The number of morpholine rings is 1. The molecule has 2 rings (SSSR count). The minimum Gasteiger partial charge on any atom is -0.378 e. The fourth-order valence-corrected chi connectivity index (χ4v) is 1.92. The lowest BCUT2D eigenvalue weighted by molar-refractivity contribution is -0.126. The average molecular weight is 273 g/mol. The Balaban J connectivity index is 1.90. The third-order valence-electron chi connectivity index (χ3n) is 2.72. The minimum absolute atomic E-state index is 0.0564. The maximum absolute atomic E-state index is 13.6. The van der Waals surface area contributed by atoms with Gasteiger partial charge < -0.3 is 15.4 Å². The van der Waals surface area contributed by atoms with Crippen molar-refractivity contribution in [3.63, 3.8) is 0 Å². The summed E-state index contributed by atoms with van der Waals surface area (Å²) in [6.07, 6.45) is 0. The van der Waals surface area contributed by atoms with Crippen LogP contribution in [0.25, 0.3) is 0 Å². The van der Waals surface area contributed by atoms with E-state index in [1.807, 2.05) is 0 Å². The van der Waals surface area contributed by atoms with E-state index in [2.05, 4.69) is 10.6 Å². The third-order valence-corrected chi connectivity index (χ3v) is 3.01. The molecule has 18 heavy (non-hydrogen) atoms. The Morgan fingerprint density at radius 1 is 1.61 bits per heavy atom. The number of benzene rings is 1. The van der Waals surface area contributed by atoms with E-state index in [1.54, 1.807) is 12.1 Å². The van der Waals surface area contributed by atoms with Gasteiger partial charge in [0.25, 0.3) is 0 Å². The molecular weight excluding hydrogens is 259 g/mol. The quantitative estimate of drug-likeness (QED) is 0.866. The summed E-state index contributed by atoms with van der Waals surface area (Å²) in [4.78, 5) is 11.8. The molecule has 4 nitrogen and oxygen atoms in total. The van der Waals surface area contributed by atoms with Crippen LogP contribution in [0.4, 0.5) is 4.39 Å². The Morgan fingerprint density at radius 3 is 3.17 bits per heavy atom. The minimum atomic E-state index is -0.493. The van der Waals surface area contributed by atoms with Crippen LogP contribution in [0.2, 0.25) is 5.02 Å². The van der Waals surface area contributed by atoms with Gasteiger partial charge in [0.05, 0.1) is 18.2 Å². The monoisotopic (exact) mass is 272 g/mol. The predicted octanol–water partition coefficient (Wildman–Crippen LogP) is 1.08. The number of hydrogen-bond donors (Lipinski definition) is 2. The van der Waals surface area contributed by atoms with Gasteiger partial charge in [-0.15, -0.1) is 0 Å². The summed E-state index contributed by atoms with van der Waals surface area (Å²) in [5, 5.41) is 5.74. The lowest BCUT2D eigenvalue weighted by Crippen LogP contribution is -2.51. The molecule has 1 fully saturated rings. The fraction of sp³-hybridized carbons (Fsp3) is 0.417. The number of carbonyl (C=O) groups is 1. The summed E-state index contributed by atoms with van der Waals surface area (Å²) < 4.78 is 18.8. The number of carbonyl (C=O) groups excluding carboxylic acids is 1. The van der Waals surface area contributed by atoms with Gasteiger partial charge in [-0.25, -0.2) is 4.39 Å². The number of rotatable bonds is 3. The van der Waals surface area contributed by atoms with Gasteiger partial charge in [0.15, 0.2) is 0 Å². The number of nitrogens with one attached hydrogen (secondary N) is 2. The van der Waals surface area contributed by atoms with Crippen LogP contribution in [0.5, 0.6) is 0 Å². The highest BCUT2D eigenvalue weighted by molar-refractivity contribution is 6.30. The Hall–Kier alpha value is -1.17. The molecule has 1 aliphatic rings. The molecule has 1 saturated heterocycles. The summed E-state index contributed by atoms with van der Waals surface area (Å²) in [6.45, 7) is 1.70. The standard InChI is InChI=1S/C12H14ClFN2O2/c13-9-3-1-2-8(11(9)14)6-16-12(17)10-7-18-5-4-15-10/h1-3,10,15H,4-7H2,(H,16,17). The Bertz CT molecular complexity index is 436. The molecule has 0 radical (unpaired) electrons. The van der Waals surface area contributed by atoms with E-state index >= 15 is 0 Å². The van der Waals surface area contributed by atoms with Crippen LogP contribution in [-0.2, 0) is 16.1 Å². The van der Waals surface area contributed by atoms with Crippen molar-refractivity contribution in [3.05, 3.63) is 34.6 Å². The predicted molar refractivity (Wildman–Crippen MR) is 65.9 cm³/mol. The van der Waals surface area contributed by atoms with Crippen LogP contribution in [0.3, 0.4) is 0 Å². The first-order chi connectivity index (χ1) is 8.68. The largest absolute Gasteiger partial charge is 0.378 e. The second-order valence-electron chi connectivity index (χ2n) is 4.01. The zero-order valence-corrected chi connectivity index (χ0v) is 10.5. The van der Waals surface area contributed by atoms with Crippen molar-refractivity contribution in [3.8, 4) is 0 Å². The van der Waals surface area contributed by atoms with E-state index in [0.717, 1.165) is 0 Å². The Labute approximate surface area is 109 Å². The summed E-state index contributed by atoms with van der Waals surface area (Å²) in [5.74, 6) is -0.693. The number of halogens is 2. The maximum Gasteiger partial charge on any atom is 0.239 e. The van der Waals surface area contributed by atoms with Crippen LogP contribution in [-0.4, -0.2) is 31.7 Å². The van der Waals surface area contributed by atoms with Gasteiger partial charge in [-0.05, 0) is 6.07 Å². The summed E-state index contributed by atoms with van der Waals surface area (Å²) in [6, 6.07) is 4.33. The van der Waals surface area contributed by atoms with E-state index < -0.39 is 5.82 Å². The maximum atomic E-state index is 13.6. The van der Waals surface area contributed by atoms with Gasteiger partial charge in [0.2, 0.25) is 5.91 Å². The average Bonchev–Trinajstić information content (AvgIpc) is 2.41. The molecule has 1 aliphatic heterocycles. The van der Waals surface area contributed by atoms with Gasteiger partial charge in [-0.2, -0.15) is 0 Å². The number of ether oxygens (including phenoxy) is 1. The molecule has 2 N–H and O–H groups in total. The molecule has 0 spiro atoms. The van der Waals surface area contributed by atoms with Crippen LogP contribution in [0, 0.1) is 5.82 Å². The molecule has 0 bridgehead atoms. The summed E-state index contributed by atoms with van der Waals surface area (Å²) >= 11 is 5.66. The molecule has 0 aromatic heterocycles. The zero-order valence-electron chi connectivity index (χ0n) is 9.71. The van der Waals surface area contributed by atoms with Crippen molar-refractivity contribution in [2.24, 2.45) is 0 Å². The highest BCUT2D eigenvalue weighted by atomic mass is 35.5. The molecule has 1 unspecified atom stereocenters. The van der Waals surface area contributed by atoms with Gasteiger partial charge in [-0.3, -0.25) is 4.79 Å². The lowest BCUT2D eigenvalue weighted by atomic mass is 10.2.